The molecule has 3 heterocycles. The zero-order chi connectivity index (χ0) is 28.8. The van der Waals surface area contributed by atoms with Crippen molar-refractivity contribution in [3.8, 4) is 5.75 Å². The van der Waals surface area contributed by atoms with E-state index in [0.29, 0.717) is 30.0 Å². The van der Waals surface area contributed by atoms with Crippen LogP contribution < -0.4 is 15.4 Å². The van der Waals surface area contributed by atoms with Crippen LogP contribution in [0, 0.1) is 11.8 Å². The molecule has 214 valence electrons. The van der Waals surface area contributed by atoms with Crippen molar-refractivity contribution in [2.75, 3.05) is 18.5 Å². The zero-order valence-electron chi connectivity index (χ0n) is 23.1. The number of hydrogen-bond donors (Lipinski definition) is 3. The Morgan fingerprint density at radius 2 is 1.82 bits per heavy atom. The predicted molar refractivity (Wildman–Crippen MR) is 153 cm³/mol. The van der Waals surface area contributed by atoms with Crippen molar-refractivity contribution in [2.24, 2.45) is 11.8 Å². The quantitative estimate of drug-likeness (QED) is 0.393. The number of hydrogen-bond acceptors (Lipinski definition) is 6. The second-order valence-electron chi connectivity index (χ2n) is 11.7. The van der Waals surface area contributed by atoms with Gasteiger partial charge in [0.25, 0.3) is 0 Å². The van der Waals surface area contributed by atoms with E-state index in [1.54, 1.807) is 24.3 Å². The molecule has 40 heavy (non-hydrogen) atoms. The Kier molecular flexibility index (Phi) is 7.71. The summed E-state index contributed by atoms with van der Waals surface area (Å²) < 4.78 is 12.1. The number of likely N-dealkylation sites (tertiary alicyclic amines) is 1. The maximum atomic E-state index is 14.4. The molecule has 3 saturated heterocycles. The molecular weight excluding hydrogens is 578 g/mol. The van der Waals surface area contributed by atoms with Crippen molar-refractivity contribution < 1.29 is 29.0 Å². The van der Waals surface area contributed by atoms with Crippen LogP contribution in [0.1, 0.15) is 45.7 Å². The Balaban J connectivity index is 1.53. The average Bonchev–Trinajstić information content (AvgIpc) is 3.49. The highest BCUT2D eigenvalue weighted by Crippen LogP contribution is 2.61. The summed E-state index contributed by atoms with van der Waals surface area (Å²) >= 11 is 3.69. The van der Waals surface area contributed by atoms with Gasteiger partial charge in [-0.2, -0.15) is 0 Å². The number of aliphatic hydroxyl groups excluding tert-OH is 1. The lowest BCUT2D eigenvalue weighted by molar-refractivity contribution is -0.146. The minimum absolute atomic E-state index is 0.234. The number of halogens is 1. The molecule has 3 N–H and O–H groups in total. The summed E-state index contributed by atoms with van der Waals surface area (Å²) in [5.74, 6) is -2.12. The molecule has 0 aromatic heterocycles. The number of aliphatic hydroxyl groups is 1. The third kappa shape index (κ3) is 4.90. The van der Waals surface area contributed by atoms with Crippen LogP contribution in [0.2, 0.25) is 0 Å². The minimum Gasteiger partial charge on any atom is -0.494 e. The number of carbonyl (C=O) groups is 3. The molecule has 2 bridgehead atoms. The highest BCUT2D eigenvalue weighted by Gasteiger charge is 2.77. The van der Waals surface area contributed by atoms with Gasteiger partial charge >= 0.3 is 0 Å². The van der Waals surface area contributed by atoms with Crippen LogP contribution in [0.15, 0.2) is 54.6 Å². The zero-order valence-corrected chi connectivity index (χ0v) is 24.7. The smallest absolute Gasteiger partial charge is 0.246 e. The Morgan fingerprint density at radius 1 is 1.15 bits per heavy atom. The molecule has 3 unspecified atom stereocenters. The molecule has 1 spiro atoms. The van der Waals surface area contributed by atoms with Crippen molar-refractivity contribution in [2.45, 2.75) is 68.3 Å². The van der Waals surface area contributed by atoms with E-state index in [2.05, 4.69) is 26.6 Å². The molecule has 0 radical (unpaired) electrons. The number of carbonyl (C=O) groups excluding carboxylic acids is 3. The van der Waals surface area contributed by atoms with Gasteiger partial charge in [-0.3, -0.25) is 14.4 Å². The predicted octanol–water partition coefficient (Wildman–Crippen LogP) is 3.42. The maximum absolute atomic E-state index is 14.4. The number of alkyl halides is 1. The van der Waals surface area contributed by atoms with E-state index in [-0.39, 0.29) is 29.2 Å². The third-order valence-corrected chi connectivity index (χ3v) is 8.75. The molecule has 5 rings (SSSR count). The maximum Gasteiger partial charge on any atom is 0.246 e. The van der Waals surface area contributed by atoms with Gasteiger partial charge < -0.3 is 30.1 Å². The molecule has 9 nitrogen and oxygen atoms in total. The number of nitrogens with one attached hydrogen (secondary N) is 2. The molecule has 0 aliphatic carbocycles. The van der Waals surface area contributed by atoms with Crippen molar-refractivity contribution in [1.29, 1.82) is 0 Å². The van der Waals surface area contributed by atoms with Gasteiger partial charge in [-0.25, -0.2) is 0 Å². The first-order chi connectivity index (χ1) is 19.0. The Morgan fingerprint density at radius 3 is 2.42 bits per heavy atom. The van der Waals surface area contributed by atoms with Gasteiger partial charge in [0.15, 0.2) is 0 Å². The summed E-state index contributed by atoms with van der Waals surface area (Å²) in [7, 11) is 0. The number of amides is 3. The molecule has 3 fully saturated rings. The molecule has 2 aromatic carbocycles. The normalized spacial score (nSPS) is 29.7. The topological polar surface area (TPSA) is 117 Å². The molecule has 0 saturated carbocycles. The largest absolute Gasteiger partial charge is 0.494 e. The number of benzene rings is 2. The van der Waals surface area contributed by atoms with Crippen molar-refractivity contribution in [3.63, 3.8) is 0 Å². The first-order valence-corrected chi connectivity index (χ1v) is 14.6. The number of rotatable bonds is 8. The van der Waals surface area contributed by atoms with Gasteiger partial charge in [0.05, 0.1) is 37.2 Å². The summed E-state index contributed by atoms with van der Waals surface area (Å²) in [5.41, 5.74) is -0.535. The Labute approximate surface area is 242 Å². The minimum atomic E-state index is -1.23. The summed E-state index contributed by atoms with van der Waals surface area (Å²) in [5, 5.41) is 16.5. The van der Waals surface area contributed by atoms with Crippen LogP contribution in [-0.4, -0.2) is 69.1 Å². The first-order valence-electron chi connectivity index (χ1n) is 13.7. The van der Waals surface area contributed by atoms with E-state index in [1.807, 2.05) is 58.0 Å². The van der Waals surface area contributed by atoms with Crippen molar-refractivity contribution >= 4 is 39.3 Å². The SMILES string of the molecule is CCOc1ccc(NC(=O)[C@H]2[C@@H]3OC4(CC3Br)C(C(=O)NC(C)(C)C)N([C@H](CO)c3ccccc3)C(=O)[C@H]24)cc1. The number of ether oxygens (including phenoxy) is 2. The molecule has 3 aliphatic rings. The lowest BCUT2D eigenvalue weighted by atomic mass is 9.70. The van der Waals surface area contributed by atoms with E-state index in [1.165, 1.54) is 4.90 Å². The second kappa shape index (κ2) is 10.8. The third-order valence-electron chi connectivity index (χ3n) is 7.90. The van der Waals surface area contributed by atoms with Gasteiger partial charge in [-0.15, -0.1) is 0 Å². The summed E-state index contributed by atoms with van der Waals surface area (Å²) in [6.45, 7) is 7.65. The van der Waals surface area contributed by atoms with E-state index in [0.717, 1.165) is 0 Å². The van der Waals surface area contributed by atoms with Crippen LogP contribution in [-0.2, 0) is 19.1 Å². The number of anilines is 1. The van der Waals surface area contributed by atoms with E-state index < -0.39 is 41.2 Å². The standard InChI is InChI=1S/C30H36BrN3O6/c1-5-39-19-13-11-18(12-14-19)32-26(36)22-23-28(38)34(21(16-35)17-9-7-6-8-10-17)25(27(37)33-29(2,3)4)30(23)15-20(31)24(22)40-30/h6-14,20-25,35H,5,15-16H2,1-4H3,(H,32,36)(H,33,37)/t20?,21-,22-,23+,24-,25?,30?/m1/s1. The summed E-state index contributed by atoms with van der Waals surface area (Å²) in [6.07, 6.45) is -0.208. The fraction of sp³-hybridized carbons (Fsp3) is 0.500. The lowest BCUT2D eigenvalue weighted by Gasteiger charge is -2.38. The van der Waals surface area contributed by atoms with Crippen molar-refractivity contribution in [1.82, 2.24) is 10.2 Å². The van der Waals surface area contributed by atoms with Gasteiger partial charge in [0.1, 0.15) is 17.4 Å². The van der Waals surface area contributed by atoms with Gasteiger partial charge in [0, 0.05) is 16.1 Å². The fourth-order valence-electron chi connectivity index (χ4n) is 6.50. The van der Waals surface area contributed by atoms with Crippen LogP contribution in [0.4, 0.5) is 5.69 Å². The molecule has 3 aliphatic heterocycles. The van der Waals surface area contributed by atoms with Crippen LogP contribution in [0.5, 0.6) is 5.75 Å². The first kappa shape index (κ1) is 28.6. The Hall–Kier alpha value is -2.95. The van der Waals surface area contributed by atoms with Gasteiger partial charge in [-0.1, -0.05) is 46.3 Å². The van der Waals surface area contributed by atoms with Gasteiger partial charge in [-0.05, 0) is 63.9 Å². The van der Waals surface area contributed by atoms with Gasteiger partial charge in [0.2, 0.25) is 17.7 Å². The van der Waals surface area contributed by atoms with E-state index in [4.69, 9.17) is 9.47 Å². The summed E-state index contributed by atoms with van der Waals surface area (Å²) in [4.78, 5) is 43.3. The molecule has 3 amide bonds. The molecule has 2 aromatic rings. The number of nitrogens with zero attached hydrogens (tertiary/aromatic N) is 1. The van der Waals surface area contributed by atoms with Crippen molar-refractivity contribution in [3.05, 3.63) is 60.2 Å². The highest BCUT2D eigenvalue weighted by atomic mass is 79.9. The molecule has 10 heteroatoms. The number of fused-ring (bicyclic) bond motifs is 1. The van der Waals surface area contributed by atoms with E-state index in [9.17, 15) is 19.5 Å². The average molecular weight is 615 g/mol. The van der Waals surface area contributed by atoms with Crippen LogP contribution in [0.3, 0.4) is 0 Å². The highest BCUT2D eigenvalue weighted by molar-refractivity contribution is 9.09. The fourth-order valence-corrected chi connectivity index (χ4v) is 7.44. The van der Waals surface area contributed by atoms with E-state index >= 15 is 0 Å². The molecular formula is C30H36BrN3O6. The Bertz CT molecular complexity index is 1270. The second-order valence-corrected chi connectivity index (χ2v) is 12.9. The van der Waals surface area contributed by atoms with Crippen LogP contribution in [0.25, 0.3) is 0 Å². The van der Waals surface area contributed by atoms with Crippen LogP contribution >= 0.6 is 15.9 Å². The lowest BCUT2D eigenvalue weighted by Crippen LogP contribution is -2.59. The molecule has 7 atom stereocenters. The monoisotopic (exact) mass is 613 g/mol. The summed E-state index contributed by atoms with van der Waals surface area (Å²) in [6, 6.07) is 14.4.